The van der Waals surface area contributed by atoms with Crippen molar-refractivity contribution in [3.63, 3.8) is 0 Å². The van der Waals surface area contributed by atoms with Crippen molar-refractivity contribution < 1.29 is 14.3 Å². The van der Waals surface area contributed by atoms with Gasteiger partial charge in [-0.3, -0.25) is 9.59 Å². The van der Waals surface area contributed by atoms with Crippen LogP contribution in [0.25, 0.3) is 0 Å². The third kappa shape index (κ3) is 7.10. The number of aryl methyl sites for hydroxylation is 3. The molecular weight excluding hydrogens is 474 g/mol. The zero-order valence-electron chi connectivity index (χ0n) is 21.8. The molecule has 0 unspecified atom stereocenters. The molecule has 2 aromatic carbocycles. The lowest BCUT2D eigenvalue weighted by molar-refractivity contribution is -0.123. The quantitative estimate of drug-likeness (QED) is 0.361. The molecule has 0 aliphatic heterocycles. The Hall–Kier alpha value is -3.33. The smallest absolute Gasteiger partial charge is 0.258 e. The van der Waals surface area contributed by atoms with E-state index in [4.69, 9.17) is 4.74 Å². The second-order valence-corrected chi connectivity index (χ2v) is 9.95. The molecule has 3 aromatic rings. The SMILES string of the molecule is CCn1c(CNC(=O)COc2cc(C)ccc2C(C)C)nnc1SCC(=O)Nc1c(C)cccc1C. The lowest BCUT2D eigenvalue weighted by atomic mass is 10.0. The van der Waals surface area contributed by atoms with Crippen LogP contribution in [-0.4, -0.2) is 38.9 Å². The van der Waals surface area contributed by atoms with Gasteiger partial charge in [0, 0.05) is 12.2 Å². The molecule has 0 radical (unpaired) electrons. The molecule has 2 N–H and O–H groups in total. The maximum Gasteiger partial charge on any atom is 0.258 e. The first-order valence-corrected chi connectivity index (χ1v) is 13.1. The van der Waals surface area contributed by atoms with E-state index in [-0.39, 0.29) is 30.7 Å². The van der Waals surface area contributed by atoms with Crippen LogP contribution in [0.1, 0.15) is 54.8 Å². The van der Waals surface area contributed by atoms with Crippen molar-refractivity contribution in [2.45, 2.75) is 65.7 Å². The highest BCUT2D eigenvalue weighted by molar-refractivity contribution is 7.99. The number of ether oxygens (including phenoxy) is 1. The summed E-state index contributed by atoms with van der Waals surface area (Å²) in [5.41, 5.74) is 5.04. The fourth-order valence-corrected chi connectivity index (χ4v) is 4.63. The number of carbonyl (C=O) groups is 2. The predicted octanol–water partition coefficient (Wildman–Crippen LogP) is 4.77. The molecule has 0 atom stereocenters. The Morgan fingerprint density at radius 1 is 1.06 bits per heavy atom. The van der Waals surface area contributed by atoms with Crippen LogP contribution < -0.4 is 15.4 Å². The summed E-state index contributed by atoms with van der Waals surface area (Å²) < 4.78 is 7.72. The lowest BCUT2D eigenvalue weighted by Crippen LogP contribution is -2.29. The number of benzene rings is 2. The number of rotatable bonds is 11. The van der Waals surface area contributed by atoms with E-state index in [1.165, 1.54) is 11.8 Å². The largest absolute Gasteiger partial charge is 0.483 e. The van der Waals surface area contributed by atoms with Crippen LogP contribution in [0.5, 0.6) is 5.75 Å². The summed E-state index contributed by atoms with van der Waals surface area (Å²) in [5, 5.41) is 14.9. The van der Waals surface area contributed by atoms with E-state index in [9.17, 15) is 9.59 Å². The number of carbonyl (C=O) groups excluding carboxylic acids is 2. The summed E-state index contributed by atoms with van der Waals surface area (Å²) in [6.07, 6.45) is 0. The van der Waals surface area contributed by atoms with E-state index in [1.54, 1.807) is 0 Å². The average Bonchev–Trinajstić information content (AvgIpc) is 3.24. The van der Waals surface area contributed by atoms with Gasteiger partial charge in [-0.2, -0.15) is 0 Å². The van der Waals surface area contributed by atoms with E-state index in [0.717, 1.165) is 33.7 Å². The Bertz CT molecular complexity index is 1200. The lowest BCUT2D eigenvalue weighted by Gasteiger charge is -2.15. The van der Waals surface area contributed by atoms with E-state index < -0.39 is 0 Å². The Labute approximate surface area is 217 Å². The summed E-state index contributed by atoms with van der Waals surface area (Å²) in [6, 6.07) is 12.0. The van der Waals surface area contributed by atoms with Crippen LogP contribution in [0.3, 0.4) is 0 Å². The molecule has 0 aliphatic rings. The van der Waals surface area contributed by atoms with Gasteiger partial charge in [-0.15, -0.1) is 10.2 Å². The highest BCUT2D eigenvalue weighted by Gasteiger charge is 2.16. The number of nitrogens with one attached hydrogen (secondary N) is 2. The topological polar surface area (TPSA) is 98.1 Å². The molecule has 8 nitrogen and oxygen atoms in total. The molecule has 3 rings (SSSR count). The van der Waals surface area contributed by atoms with Gasteiger partial charge in [-0.25, -0.2) is 0 Å². The fraction of sp³-hybridized carbons (Fsp3) is 0.407. The molecular formula is C27H35N5O3S. The minimum absolute atomic E-state index is 0.0798. The first-order chi connectivity index (χ1) is 17.2. The van der Waals surface area contributed by atoms with Crippen molar-refractivity contribution in [2.75, 3.05) is 17.7 Å². The number of aromatic nitrogens is 3. The standard InChI is InChI=1S/C27H35N5O3S/c1-7-32-23(14-28-24(33)15-35-22-13-18(4)11-12-21(22)17(2)3)30-31-27(32)36-16-25(34)29-26-19(5)9-8-10-20(26)6/h8-13,17H,7,14-16H2,1-6H3,(H,28,33)(H,29,34). The molecule has 192 valence electrons. The van der Waals surface area contributed by atoms with Gasteiger partial charge in [0.05, 0.1) is 12.3 Å². The van der Waals surface area contributed by atoms with Crippen LogP contribution in [0.15, 0.2) is 41.6 Å². The molecule has 0 saturated heterocycles. The van der Waals surface area contributed by atoms with E-state index >= 15 is 0 Å². The van der Waals surface area contributed by atoms with Crippen molar-refractivity contribution in [3.05, 3.63) is 64.5 Å². The Morgan fingerprint density at radius 3 is 2.44 bits per heavy atom. The van der Waals surface area contributed by atoms with Crippen molar-refractivity contribution in [1.82, 2.24) is 20.1 Å². The molecule has 2 amide bonds. The van der Waals surface area contributed by atoms with Gasteiger partial charge in [-0.1, -0.05) is 55.9 Å². The molecule has 0 spiro atoms. The monoisotopic (exact) mass is 509 g/mol. The maximum atomic E-state index is 12.5. The molecule has 0 bridgehead atoms. The summed E-state index contributed by atoms with van der Waals surface area (Å²) in [5.74, 6) is 1.52. The van der Waals surface area contributed by atoms with Gasteiger partial charge in [0.25, 0.3) is 5.91 Å². The molecule has 0 saturated carbocycles. The van der Waals surface area contributed by atoms with Gasteiger partial charge in [-0.05, 0) is 61.9 Å². The van der Waals surface area contributed by atoms with Gasteiger partial charge < -0.3 is 19.9 Å². The van der Waals surface area contributed by atoms with Crippen molar-refractivity contribution in [3.8, 4) is 5.75 Å². The van der Waals surface area contributed by atoms with E-state index in [2.05, 4.69) is 34.7 Å². The van der Waals surface area contributed by atoms with Gasteiger partial charge >= 0.3 is 0 Å². The van der Waals surface area contributed by atoms with Crippen molar-refractivity contribution >= 4 is 29.3 Å². The second-order valence-electron chi connectivity index (χ2n) is 9.01. The van der Waals surface area contributed by atoms with Crippen LogP contribution in [0.2, 0.25) is 0 Å². The summed E-state index contributed by atoms with van der Waals surface area (Å²) in [4.78, 5) is 25.0. The third-order valence-electron chi connectivity index (χ3n) is 5.78. The number of amides is 2. The first-order valence-electron chi connectivity index (χ1n) is 12.1. The summed E-state index contributed by atoms with van der Waals surface area (Å²) in [7, 11) is 0. The van der Waals surface area contributed by atoms with Gasteiger partial charge in [0.2, 0.25) is 5.91 Å². The van der Waals surface area contributed by atoms with Crippen LogP contribution in [-0.2, 0) is 22.7 Å². The summed E-state index contributed by atoms with van der Waals surface area (Å²) >= 11 is 1.32. The Balaban J connectivity index is 1.53. The molecule has 0 aliphatic carbocycles. The maximum absolute atomic E-state index is 12.5. The minimum atomic E-state index is -0.237. The normalized spacial score (nSPS) is 11.0. The number of anilines is 1. The number of hydrogen-bond donors (Lipinski definition) is 2. The Kier molecular flexibility index (Phi) is 9.52. The minimum Gasteiger partial charge on any atom is -0.483 e. The molecule has 36 heavy (non-hydrogen) atoms. The Morgan fingerprint density at radius 2 is 1.78 bits per heavy atom. The zero-order valence-corrected chi connectivity index (χ0v) is 22.7. The van der Waals surface area contributed by atoms with E-state index in [1.807, 2.05) is 68.7 Å². The highest BCUT2D eigenvalue weighted by Crippen LogP contribution is 2.27. The average molecular weight is 510 g/mol. The molecule has 9 heteroatoms. The zero-order chi connectivity index (χ0) is 26.2. The summed E-state index contributed by atoms with van der Waals surface area (Å²) in [6.45, 7) is 12.9. The van der Waals surface area contributed by atoms with Crippen molar-refractivity contribution in [1.29, 1.82) is 0 Å². The van der Waals surface area contributed by atoms with Crippen LogP contribution in [0, 0.1) is 20.8 Å². The molecule has 1 aromatic heterocycles. The fourth-order valence-electron chi connectivity index (χ4n) is 3.81. The second kappa shape index (κ2) is 12.6. The van der Waals surface area contributed by atoms with Crippen LogP contribution >= 0.6 is 11.8 Å². The number of nitrogens with zero attached hydrogens (tertiary/aromatic N) is 3. The number of hydrogen-bond acceptors (Lipinski definition) is 6. The first kappa shape index (κ1) is 27.3. The predicted molar refractivity (Wildman–Crippen MR) is 144 cm³/mol. The highest BCUT2D eigenvalue weighted by atomic mass is 32.2. The molecule has 1 heterocycles. The molecule has 0 fully saturated rings. The number of thioether (sulfide) groups is 1. The van der Waals surface area contributed by atoms with Gasteiger partial charge in [0.1, 0.15) is 5.75 Å². The van der Waals surface area contributed by atoms with Crippen LogP contribution in [0.4, 0.5) is 5.69 Å². The van der Waals surface area contributed by atoms with Gasteiger partial charge in [0.15, 0.2) is 17.6 Å². The van der Waals surface area contributed by atoms with E-state index in [0.29, 0.717) is 23.4 Å². The van der Waals surface area contributed by atoms with Crippen molar-refractivity contribution in [2.24, 2.45) is 0 Å². The number of para-hydroxylation sites is 1. The third-order valence-corrected chi connectivity index (χ3v) is 6.75.